The van der Waals surface area contributed by atoms with Gasteiger partial charge in [0.15, 0.2) is 0 Å². The van der Waals surface area contributed by atoms with Crippen LogP contribution >= 0.6 is 11.6 Å². The Morgan fingerprint density at radius 3 is 2.52 bits per heavy atom. The lowest BCUT2D eigenvalue weighted by atomic mass is 9.72. The molecule has 21 heavy (non-hydrogen) atoms. The topological polar surface area (TPSA) is 12.0 Å². The molecule has 2 rings (SSSR count). The van der Waals surface area contributed by atoms with Crippen molar-refractivity contribution in [3.05, 3.63) is 34.9 Å². The Morgan fingerprint density at radius 2 is 1.86 bits per heavy atom. The van der Waals surface area contributed by atoms with Crippen LogP contribution in [0.15, 0.2) is 24.3 Å². The highest BCUT2D eigenvalue weighted by atomic mass is 35.5. The van der Waals surface area contributed by atoms with Crippen LogP contribution in [0, 0.1) is 17.8 Å². The largest absolute Gasteiger partial charge is 0.312 e. The van der Waals surface area contributed by atoms with E-state index < -0.39 is 0 Å². The van der Waals surface area contributed by atoms with Gasteiger partial charge in [0.25, 0.3) is 0 Å². The van der Waals surface area contributed by atoms with Crippen molar-refractivity contribution in [1.82, 2.24) is 5.32 Å². The van der Waals surface area contributed by atoms with Crippen molar-refractivity contribution in [2.75, 3.05) is 6.54 Å². The first-order chi connectivity index (χ1) is 9.85. The smallest absolute Gasteiger partial charge is 0.0438 e. The van der Waals surface area contributed by atoms with E-state index in [0.717, 1.165) is 35.7 Å². The van der Waals surface area contributed by atoms with Crippen LogP contribution in [0.1, 0.15) is 52.5 Å². The molecule has 0 radical (unpaired) electrons. The second kappa shape index (κ2) is 7.15. The first kappa shape index (κ1) is 16.8. The van der Waals surface area contributed by atoms with Crippen LogP contribution in [0.25, 0.3) is 0 Å². The summed E-state index contributed by atoms with van der Waals surface area (Å²) in [5.74, 6) is 2.38. The Bertz CT molecular complexity index is 449. The molecule has 0 amide bonds. The highest BCUT2D eigenvalue weighted by Gasteiger charge is 2.29. The van der Waals surface area contributed by atoms with Gasteiger partial charge < -0.3 is 5.32 Å². The number of rotatable bonds is 4. The predicted octanol–water partition coefficient (Wildman–Crippen LogP) is 5.32. The van der Waals surface area contributed by atoms with Crippen molar-refractivity contribution < 1.29 is 0 Å². The zero-order valence-electron chi connectivity index (χ0n) is 14.0. The van der Waals surface area contributed by atoms with Crippen LogP contribution in [0.2, 0.25) is 5.02 Å². The van der Waals surface area contributed by atoms with E-state index >= 15 is 0 Å². The summed E-state index contributed by atoms with van der Waals surface area (Å²) in [5, 5.41) is 4.63. The third kappa shape index (κ3) is 5.30. The summed E-state index contributed by atoms with van der Waals surface area (Å²) in [4.78, 5) is 0. The summed E-state index contributed by atoms with van der Waals surface area (Å²) in [6, 6.07) is 8.34. The molecule has 1 aliphatic carbocycles. The number of hydrogen-bond acceptors (Lipinski definition) is 1. The van der Waals surface area contributed by atoms with E-state index in [1.807, 2.05) is 12.1 Å². The predicted molar refractivity (Wildman–Crippen MR) is 92.9 cm³/mol. The summed E-state index contributed by atoms with van der Waals surface area (Å²) in [6.07, 6.45) is 5.18. The lowest BCUT2D eigenvalue weighted by molar-refractivity contribution is 0.174. The summed E-state index contributed by atoms with van der Waals surface area (Å²) in [5.41, 5.74) is 1.52. The fourth-order valence-corrected chi connectivity index (χ4v) is 3.68. The van der Waals surface area contributed by atoms with Crippen molar-refractivity contribution in [3.63, 3.8) is 0 Å². The van der Waals surface area contributed by atoms with Gasteiger partial charge in [-0.2, -0.15) is 0 Å². The van der Waals surface area contributed by atoms with E-state index in [9.17, 15) is 0 Å². The molecule has 0 heterocycles. The molecule has 1 aromatic carbocycles. The van der Waals surface area contributed by atoms with Gasteiger partial charge in [-0.1, -0.05) is 43.1 Å². The SMILES string of the molecule is CC1CCC(CNC(C)(C)C)C(Cc2ccccc2Cl)C1. The molecule has 3 unspecified atom stereocenters. The molecule has 0 aromatic heterocycles. The summed E-state index contributed by atoms with van der Waals surface area (Å²) in [6.45, 7) is 10.3. The molecule has 1 aliphatic rings. The molecular weight excluding hydrogens is 278 g/mol. The summed E-state index contributed by atoms with van der Waals surface area (Å²) >= 11 is 6.36. The normalized spacial score (nSPS) is 26.8. The standard InChI is InChI=1S/C19H30ClN/c1-14-9-10-16(13-21-19(2,3)4)17(11-14)12-15-7-5-6-8-18(15)20/h5-8,14,16-17,21H,9-13H2,1-4H3. The van der Waals surface area contributed by atoms with Gasteiger partial charge in [0.2, 0.25) is 0 Å². The van der Waals surface area contributed by atoms with Crippen molar-refractivity contribution in [2.45, 2.75) is 58.9 Å². The van der Waals surface area contributed by atoms with Crippen molar-refractivity contribution in [2.24, 2.45) is 17.8 Å². The van der Waals surface area contributed by atoms with Crippen molar-refractivity contribution in [1.29, 1.82) is 0 Å². The number of benzene rings is 1. The monoisotopic (exact) mass is 307 g/mol. The van der Waals surface area contributed by atoms with Gasteiger partial charge in [-0.25, -0.2) is 0 Å². The lowest BCUT2D eigenvalue weighted by Crippen LogP contribution is -2.42. The Labute approximate surface area is 135 Å². The Hall–Kier alpha value is -0.530. The van der Waals surface area contributed by atoms with Gasteiger partial charge >= 0.3 is 0 Å². The molecular formula is C19H30ClN. The van der Waals surface area contributed by atoms with Crippen LogP contribution in [0.3, 0.4) is 0 Å². The van der Waals surface area contributed by atoms with E-state index in [1.54, 1.807) is 0 Å². The molecule has 0 spiro atoms. The van der Waals surface area contributed by atoms with Gasteiger partial charge in [0.05, 0.1) is 0 Å². The third-order valence-electron chi connectivity index (χ3n) is 4.74. The number of hydrogen-bond donors (Lipinski definition) is 1. The zero-order valence-corrected chi connectivity index (χ0v) is 14.7. The molecule has 3 atom stereocenters. The molecule has 0 bridgehead atoms. The molecule has 0 aliphatic heterocycles. The van der Waals surface area contributed by atoms with Gasteiger partial charge in [-0.15, -0.1) is 0 Å². The van der Waals surface area contributed by atoms with Crippen LogP contribution in [0.4, 0.5) is 0 Å². The molecule has 0 saturated heterocycles. The van der Waals surface area contributed by atoms with Gasteiger partial charge in [-0.3, -0.25) is 0 Å². The maximum absolute atomic E-state index is 6.36. The molecule has 1 N–H and O–H groups in total. The van der Waals surface area contributed by atoms with Gasteiger partial charge in [-0.05, 0) is 76.0 Å². The minimum absolute atomic E-state index is 0.206. The maximum atomic E-state index is 6.36. The first-order valence-corrected chi connectivity index (χ1v) is 8.71. The minimum atomic E-state index is 0.206. The third-order valence-corrected chi connectivity index (χ3v) is 5.11. The molecule has 1 nitrogen and oxygen atoms in total. The highest BCUT2D eigenvalue weighted by molar-refractivity contribution is 6.31. The highest BCUT2D eigenvalue weighted by Crippen LogP contribution is 2.36. The quantitative estimate of drug-likeness (QED) is 0.793. The summed E-state index contributed by atoms with van der Waals surface area (Å²) < 4.78 is 0. The first-order valence-electron chi connectivity index (χ1n) is 8.33. The Balaban J connectivity index is 2.03. The average Bonchev–Trinajstić information content (AvgIpc) is 2.39. The van der Waals surface area contributed by atoms with E-state index in [2.05, 4.69) is 45.1 Å². The van der Waals surface area contributed by atoms with E-state index in [0.29, 0.717) is 0 Å². The molecule has 1 fully saturated rings. The van der Waals surface area contributed by atoms with Crippen molar-refractivity contribution in [3.8, 4) is 0 Å². The fourth-order valence-electron chi connectivity index (χ4n) is 3.46. The second-order valence-electron chi connectivity index (χ2n) is 7.86. The maximum Gasteiger partial charge on any atom is 0.0438 e. The second-order valence-corrected chi connectivity index (χ2v) is 8.27. The lowest BCUT2D eigenvalue weighted by Gasteiger charge is -2.37. The Morgan fingerprint density at radius 1 is 1.14 bits per heavy atom. The fraction of sp³-hybridized carbons (Fsp3) is 0.684. The van der Waals surface area contributed by atoms with Gasteiger partial charge in [0, 0.05) is 10.6 Å². The van der Waals surface area contributed by atoms with Crippen LogP contribution in [-0.2, 0) is 6.42 Å². The molecule has 1 saturated carbocycles. The van der Waals surface area contributed by atoms with Crippen LogP contribution in [-0.4, -0.2) is 12.1 Å². The van der Waals surface area contributed by atoms with E-state index in [1.165, 1.54) is 24.8 Å². The van der Waals surface area contributed by atoms with Crippen LogP contribution < -0.4 is 5.32 Å². The number of nitrogens with one attached hydrogen (secondary N) is 1. The van der Waals surface area contributed by atoms with Crippen LogP contribution in [0.5, 0.6) is 0 Å². The van der Waals surface area contributed by atoms with Crippen molar-refractivity contribution >= 4 is 11.6 Å². The van der Waals surface area contributed by atoms with E-state index in [-0.39, 0.29) is 5.54 Å². The van der Waals surface area contributed by atoms with Gasteiger partial charge in [0.1, 0.15) is 0 Å². The number of halogens is 1. The molecule has 2 heteroatoms. The zero-order chi connectivity index (χ0) is 15.5. The Kier molecular flexibility index (Phi) is 5.73. The molecule has 1 aromatic rings. The summed E-state index contributed by atoms with van der Waals surface area (Å²) in [7, 11) is 0. The minimum Gasteiger partial charge on any atom is -0.312 e. The molecule has 118 valence electrons. The van der Waals surface area contributed by atoms with E-state index in [4.69, 9.17) is 11.6 Å². The average molecular weight is 308 g/mol.